The van der Waals surface area contributed by atoms with Gasteiger partial charge in [-0.3, -0.25) is 4.40 Å². The lowest BCUT2D eigenvalue weighted by atomic mass is 9.93. The van der Waals surface area contributed by atoms with Gasteiger partial charge in [-0.2, -0.15) is 0 Å². The van der Waals surface area contributed by atoms with Crippen molar-refractivity contribution in [1.29, 1.82) is 0 Å². The van der Waals surface area contributed by atoms with Crippen LogP contribution in [-0.4, -0.2) is 38.1 Å². The summed E-state index contributed by atoms with van der Waals surface area (Å²) in [5, 5.41) is 8.97. The predicted octanol–water partition coefficient (Wildman–Crippen LogP) is 5.11. The van der Waals surface area contributed by atoms with Crippen LogP contribution in [0.25, 0.3) is 16.8 Å². The summed E-state index contributed by atoms with van der Waals surface area (Å²) in [5.41, 5.74) is 3.81. The number of aryl methyl sites for hydroxylation is 1. The molecule has 6 rings (SSSR count). The highest BCUT2D eigenvalue weighted by molar-refractivity contribution is 7.90. The van der Waals surface area contributed by atoms with Crippen LogP contribution in [0.5, 0.6) is 0 Å². The Morgan fingerprint density at radius 3 is 2.54 bits per heavy atom. The molecule has 37 heavy (non-hydrogen) atoms. The number of nitrogens with zero attached hydrogens (tertiary/aromatic N) is 5. The van der Waals surface area contributed by atoms with Crippen LogP contribution in [0, 0.1) is 12.8 Å². The zero-order valence-corrected chi connectivity index (χ0v) is 21.7. The molecule has 1 aliphatic carbocycles. The van der Waals surface area contributed by atoms with Gasteiger partial charge in [0, 0.05) is 12.1 Å². The van der Waals surface area contributed by atoms with E-state index in [1.54, 1.807) is 42.7 Å². The molecule has 5 aromatic rings. The second-order valence-corrected chi connectivity index (χ2v) is 11.6. The van der Waals surface area contributed by atoms with Crippen LogP contribution in [0.3, 0.4) is 0 Å². The van der Waals surface area contributed by atoms with Gasteiger partial charge in [0.05, 0.1) is 29.3 Å². The van der Waals surface area contributed by atoms with Crippen LogP contribution < -0.4 is 0 Å². The van der Waals surface area contributed by atoms with E-state index in [4.69, 9.17) is 4.74 Å². The summed E-state index contributed by atoms with van der Waals surface area (Å²) in [6.45, 7) is 4.71. The zero-order valence-electron chi connectivity index (χ0n) is 20.9. The largest absolute Gasteiger partial charge is 0.374 e. The first-order valence-electron chi connectivity index (χ1n) is 12.6. The maximum atomic E-state index is 13.4. The Labute approximate surface area is 216 Å². The van der Waals surface area contributed by atoms with Crippen molar-refractivity contribution in [3.63, 3.8) is 0 Å². The summed E-state index contributed by atoms with van der Waals surface area (Å²) < 4.78 is 36.4. The summed E-state index contributed by atoms with van der Waals surface area (Å²) in [7, 11) is -3.80. The van der Waals surface area contributed by atoms with E-state index >= 15 is 0 Å². The molecule has 0 N–H and O–H groups in total. The van der Waals surface area contributed by atoms with Crippen LogP contribution >= 0.6 is 0 Å². The van der Waals surface area contributed by atoms with Crippen molar-refractivity contribution in [3.05, 3.63) is 90.0 Å². The number of benzene rings is 2. The van der Waals surface area contributed by atoms with Crippen molar-refractivity contribution in [1.82, 2.24) is 23.6 Å². The van der Waals surface area contributed by atoms with Crippen LogP contribution in [0.4, 0.5) is 0 Å². The van der Waals surface area contributed by atoms with Crippen molar-refractivity contribution in [2.75, 3.05) is 0 Å². The molecular formula is C28H29N5O3S. The zero-order chi connectivity index (χ0) is 25.6. The van der Waals surface area contributed by atoms with E-state index in [9.17, 15) is 8.42 Å². The molecule has 0 radical (unpaired) electrons. The van der Waals surface area contributed by atoms with Gasteiger partial charge in [0.1, 0.15) is 5.82 Å². The predicted molar refractivity (Wildman–Crippen MR) is 141 cm³/mol. The first kappa shape index (κ1) is 23.8. The fourth-order valence-electron chi connectivity index (χ4n) is 5.48. The maximum absolute atomic E-state index is 13.4. The normalized spacial score (nSPS) is 20.2. The Kier molecular flexibility index (Phi) is 6.04. The molecule has 0 unspecified atom stereocenters. The smallest absolute Gasteiger partial charge is 0.269 e. The first-order chi connectivity index (χ1) is 18.0. The second-order valence-electron chi connectivity index (χ2n) is 9.81. The van der Waals surface area contributed by atoms with E-state index in [1.807, 2.05) is 29.5 Å². The van der Waals surface area contributed by atoms with Gasteiger partial charge in [0.2, 0.25) is 0 Å². The number of rotatable bonds is 7. The summed E-state index contributed by atoms with van der Waals surface area (Å²) >= 11 is 0. The lowest BCUT2D eigenvalue weighted by molar-refractivity contribution is 0.0422. The van der Waals surface area contributed by atoms with Crippen LogP contribution in [-0.2, 0) is 21.4 Å². The Morgan fingerprint density at radius 2 is 1.78 bits per heavy atom. The summed E-state index contributed by atoms with van der Waals surface area (Å²) in [6, 6.07) is 18.8. The standard InChI is InChI=1S/C28H29N5O3S/c1-3-21-15-22(36-18-20-7-5-4-6-8-20)16-24(21)27-31-30-26-17-29-28-25(33(26)27)13-14-32(28)37(34,35)23-11-9-19(2)10-12-23/h4-14,17,21-22,24H,3,15-16,18H2,1-2H3/t21-,22+,24+/m0/s1. The molecule has 3 aromatic heterocycles. The van der Waals surface area contributed by atoms with E-state index in [0.29, 0.717) is 29.3 Å². The Balaban J connectivity index is 1.35. The van der Waals surface area contributed by atoms with Gasteiger partial charge in [-0.25, -0.2) is 17.4 Å². The van der Waals surface area contributed by atoms with Crippen LogP contribution in [0.1, 0.15) is 49.1 Å². The molecule has 0 aliphatic heterocycles. The fourth-order valence-corrected chi connectivity index (χ4v) is 6.77. The van der Waals surface area contributed by atoms with E-state index < -0.39 is 10.0 Å². The third-order valence-corrected chi connectivity index (χ3v) is 9.16. The van der Waals surface area contributed by atoms with Gasteiger partial charge in [-0.15, -0.1) is 10.2 Å². The number of ether oxygens (including phenoxy) is 1. The van der Waals surface area contributed by atoms with Gasteiger partial charge in [-0.1, -0.05) is 61.4 Å². The highest BCUT2D eigenvalue weighted by atomic mass is 32.2. The highest BCUT2D eigenvalue weighted by Gasteiger charge is 2.38. The summed E-state index contributed by atoms with van der Waals surface area (Å²) in [6.07, 6.45) is 6.10. The lowest BCUT2D eigenvalue weighted by Crippen LogP contribution is -2.13. The Hall–Kier alpha value is -3.56. The number of fused-ring (bicyclic) bond motifs is 3. The maximum Gasteiger partial charge on any atom is 0.269 e. The van der Waals surface area contributed by atoms with Crippen LogP contribution in [0.15, 0.2) is 78.0 Å². The van der Waals surface area contributed by atoms with Crippen molar-refractivity contribution in [2.45, 2.75) is 56.6 Å². The van der Waals surface area contributed by atoms with Crippen LogP contribution in [0.2, 0.25) is 0 Å². The molecule has 0 bridgehead atoms. The molecule has 0 spiro atoms. The van der Waals surface area contributed by atoms with Crippen molar-refractivity contribution < 1.29 is 13.2 Å². The molecule has 190 valence electrons. The molecule has 0 amide bonds. The first-order valence-corrected chi connectivity index (χ1v) is 14.1. The Morgan fingerprint density at radius 1 is 1.00 bits per heavy atom. The monoisotopic (exact) mass is 515 g/mol. The van der Waals surface area contributed by atoms with E-state index in [0.717, 1.165) is 36.2 Å². The average Bonchev–Trinajstić information content (AvgIpc) is 3.64. The number of hydrogen-bond donors (Lipinski definition) is 0. The minimum atomic E-state index is -3.80. The minimum absolute atomic E-state index is 0.131. The van der Waals surface area contributed by atoms with Gasteiger partial charge >= 0.3 is 0 Å². The van der Waals surface area contributed by atoms with E-state index in [2.05, 4.69) is 34.2 Å². The molecule has 8 nitrogen and oxygen atoms in total. The molecule has 0 saturated heterocycles. The SMILES string of the molecule is CC[C@H]1C[C@@H](OCc2ccccc2)C[C@H]1c1nnc2cnc3c(ccn3S(=O)(=O)c3ccc(C)cc3)n12. The minimum Gasteiger partial charge on any atom is -0.374 e. The van der Waals surface area contributed by atoms with Crippen molar-refractivity contribution in [2.24, 2.45) is 5.92 Å². The molecule has 1 saturated carbocycles. The fraction of sp³-hybridized carbons (Fsp3) is 0.321. The molecule has 1 fully saturated rings. The van der Waals surface area contributed by atoms with Gasteiger partial charge in [0.25, 0.3) is 10.0 Å². The third-order valence-electron chi connectivity index (χ3n) is 7.48. The third kappa shape index (κ3) is 4.22. The van der Waals surface area contributed by atoms with Gasteiger partial charge in [-0.05, 0) is 49.4 Å². The summed E-state index contributed by atoms with van der Waals surface area (Å²) in [5.74, 6) is 1.39. The molecule has 1 aliphatic rings. The van der Waals surface area contributed by atoms with Gasteiger partial charge in [0.15, 0.2) is 11.3 Å². The molecular weight excluding hydrogens is 486 g/mol. The number of hydrogen-bond acceptors (Lipinski definition) is 6. The topological polar surface area (TPSA) is 91.4 Å². The molecule has 3 atom stereocenters. The van der Waals surface area contributed by atoms with Crippen molar-refractivity contribution >= 4 is 26.8 Å². The highest BCUT2D eigenvalue weighted by Crippen LogP contribution is 2.43. The quantitative estimate of drug-likeness (QED) is 0.299. The average molecular weight is 516 g/mol. The summed E-state index contributed by atoms with van der Waals surface area (Å²) in [4.78, 5) is 4.70. The second kappa shape index (κ2) is 9.39. The van der Waals surface area contributed by atoms with Gasteiger partial charge < -0.3 is 4.74 Å². The molecule has 2 aromatic carbocycles. The van der Waals surface area contributed by atoms with E-state index in [1.165, 1.54) is 3.97 Å². The lowest BCUT2D eigenvalue weighted by Gasteiger charge is -2.16. The molecule has 3 heterocycles. The Bertz CT molecular complexity index is 1660. The number of aromatic nitrogens is 5. The molecule has 9 heteroatoms. The van der Waals surface area contributed by atoms with Crippen molar-refractivity contribution in [3.8, 4) is 0 Å². The van der Waals surface area contributed by atoms with E-state index in [-0.39, 0.29) is 16.9 Å².